The summed E-state index contributed by atoms with van der Waals surface area (Å²) in [4.78, 5) is 4.46. The van der Waals surface area contributed by atoms with Crippen LogP contribution < -0.4 is 0 Å². The number of aromatic nitrogens is 2. The molecule has 0 radical (unpaired) electrons. The lowest BCUT2D eigenvalue weighted by Crippen LogP contribution is -2.25. The molecule has 1 aromatic heterocycles. The largest absolute Gasteiger partial charge is 0.382 e. The van der Waals surface area contributed by atoms with Gasteiger partial charge in [0.1, 0.15) is 11.6 Å². The van der Waals surface area contributed by atoms with Gasteiger partial charge >= 0.3 is 0 Å². The standard InChI is InChI=1S/C15H20ClFN2O2/c1-9-5-14-13(6-12(9)17)18-15(10(2)16)19(14)7-11(21-4)8-20-3/h5-6,10-11H,7-8H2,1-4H3. The van der Waals surface area contributed by atoms with Crippen molar-refractivity contribution in [3.63, 3.8) is 0 Å². The quantitative estimate of drug-likeness (QED) is 0.766. The van der Waals surface area contributed by atoms with Crippen molar-refractivity contribution >= 4 is 22.6 Å². The molecule has 4 nitrogen and oxygen atoms in total. The third-order valence-electron chi connectivity index (χ3n) is 3.49. The number of aryl methyl sites for hydroxylation is 1. The van der Waals surface area contributed by atoms with Crippen molar-refractivity contribution in [3.8, 4) is 0 Å². The highest BCUT2D eigenvalue weighted by molar-refractivity contribution is 6.20. The molecule has 0 saturated heterocycles. The zero-order valence-corrected chi connectivity index (χ0v) is 13.4. The smallest absolute Gasteiger partial charge is 0.128 e. The number of fused-ring (bicyclic) bond motifs is 1. The van der Waals surface area contributed by atoms with Crippen LogP contribution in [0.1, 0.15) is 23.7 Å². The third kappa shape index (κ3) is 3.36. The van der Waals surface area contributed by atoms with Crippen molar-refractivity contribution in [1.29, 1.82) is 0 Å². The van der Waals surface area contributed by atoms with Gasteiger partial charge in [0.2, 0.25) is 0 Å². The van der Waals surface area contributed by atoms with E-state index < -0.39 is 0 Å². The molecule has 2 aromatic rings. The molecule has 0 aliphatic heterocycles. The molecule has 0 N–H and O–H groups in total. The van der Waals surface area contributed by atoms with E-state index in [0.29, 0.717) is 30.1 Å². The van der Waals surface area contributed by atoms with E-state index in [4.69, 9.17) is 21.1 Å². The van der Waals surface area contributed by atoms with Gasteiger partial charge in [-0.25, -0.2) is 9.37 Å². The molecule has 6 heteroatoms. The van der Waals surface area contributed by atoms with Gasteiger partial charge in [0.15, 0.2) is 0 Å². The van der Waals surface area contributed by atoms with Crippen LogP contribution in [0.5, 0.6) is 0 Å². The van der Waals surface area contributed by atoms with Crippen LogP contribution in [0, 0.1) is 12.7 Å². The van der Waals surface area contributed by atoms with Gasteiger partial charge in [0.05, 0.1) is 35.7 Å². The zero-order valence-electron chi connectivity index (χ0n) is 12.7. The highest BCUT2D eigenvalue weighted by atomic mass is 35.5. The van der Waals surface area contributed by atoms with Crippen LogP contribution in [0.15, 0.2) is 12.1 Å². The van der Waals surface area contributed by atoms with Crippen molar-refractivity contribution in [1.82, 2.24) is 9.55 Å². The Kier molecular flexibility index (Phi) is 5.19. The predicted octanol–water partition coefficient (Wildman–Crippen LogP) is 3.45. The summed E-state index contributed by atoms with van der Waals surface area (Å²) in [6.45, 7) is 4.60. The van der Waals surface area contributed by atoms with Gasteiger partial charge < -0.3 is 14.0 Å². The maximum Gasteiger partial charge on any atom is 0.128 e. The Morgan fingerprint density at radius 3 is 2.67 bits per heavy atom. The molecule has 0 aliphatic carbocycles. The maximum absolute atomic E-state index is 13.7. The molecule has 0 fully saturated rings. The fourth-order valence-corrected chi connectivity index (χ4v) is 2.52. The molecular formula is C15H20ClFN2O2. The molecule has 0 spiro atoms. The second kappa shape index (κ2) is 6.73. The minimum absolute atomic E-state index is 0.119. The number of methoxy groups -OCH3 is 2. The first-order valence-corrected chi connectivity index (χ1v) is 7.23. The predicted molar refractivity (Wildman–Crippen MR) is 81.4 cm³/mol. The van der Waals surface area contributed by atoms with Crippen molar-refractivity contribution in [3.05, 3.63) is 29.3 Å². The van der Waals surface area contributed by atoms with E-state index in [1.54, 1.807) is 27.2 Å². The maximum atomic E-state index is 13.7. The van der Waals surface area contributed by atoms with Crippen LogP contribution >= 0.6 is 11.6 Å². The fraction of sp³-hybridized carbons (Fsp3) is 0.533. The number of hydrogen-bond acceptors (Lipinski definition) is 3. The molecule has 1 aromatic carbocycles. The van der Waals surface area contributed by atoms with Crippen molar-refractivity contribution in [2.45, 2.75) is 31.9 Å². The first kappa shape index (κ1) is 16.2. The van der Waals surface area contributed by atoms with Gasteiger partial charge in [-0.05, 0) is 25.5 Å². The Labute approximate surface area is 128 Å². The van der Waals surface area contributed by atoms with E-state index in [9.17, 15) is 4.39 Å². The summed E-state index contributed by atoms with van der Waals surface area (Å²) in [6, 6.07) is 3.24. The molecule has 0 bridgehead atoms. The second-order valence-corrected chi connectivity index (χ2v) is 5.75. The number of benzene rings is 1. The molecule has 0 saturated carbocycles. The van der Waals surface area contributed by atoms with Gasteiger partial charge in [-0.1, -0.05) is 0 Å². The van der Waals surface area contributed by atoms with E-state index in [-0.39, 0.29) is 17.3 Å². The zero-order chi connectivity index (χ0) is 15.6. The number of imidazole rings is 1. The summed E-state index contributed by atoms with van der Waals surface area (Å²) in [7, 11) is 3.26. The lowest BCUT2D eigenvalue weighted by molar-refractivity contribution is 0.0185. The molecule has 0 amide bonds. The van der Waals surface area contributed by atoms with Gasteiger partial charge in [0.25, 0.3) is 0 Å². The van der Waals surface area contributed by atoms with Crippen LogP contribution in [-0.2, 0) is 16.0 Å². The van der Waals surface area contributed by atoms with Crippen LogP contribution in [0.3, 0.4) is 0 Å². The molecule has 1 heterocycles. The van der Waals surface area contributed by atoms with Crippen molar-refractivity contribution < 1.29 is 13.9 Å². The minimum Gasteiger partial charge on any atom is -0.382 e. The first-order chi connectivity index (χ1) is 9.97. The number of nitrogens with zero attached hydrogens (tertiary/aromatic N) is 2. The molecule has 116 valence electrons. The number of ether oxygens (including phenoxy) is 2. The molecular weight excluding hydrogens is 295 g/mol. The molecule has 2 unspecified atom stereocenters. The molecule has 2 atom stereocenters. The average Bonchev–Trinajstić information content (AvgIpc) is 2.77. The third-order valence-corrected chi connectivity index (χ3v) is 3.68. The summed E-state index contributed by atoms with van der Waals surface area (Å²) in [5, 5.41) is -0.277. The fourth-order valence-electron chi connectivity index (χ4n) is 2.35. The Morgan fingerprint density at radius 1 is 1.38 bits per heavy atom. The minimum atomic E-state index is -0.277. The lowest BCUT2D eigenvalue weighted by Gasteiger charge is -2.18. The number of alkyl halides is 1. The highest BCUT2D eigenvalue weighted by Crippen LogP contribution is 2.27. The van der Waals surface area contributed by atoms with Gasteiger partial charge in [-0.15, -0.1) is 11.6 Å². The highest BCUT2D eigenvalue weighted by Gasteiger charge is 2.19. The summed E-state index contributed by atoms with van der Waals surface area (Å²) in [5.74, 6) is 0.441. The van der Waals surface area contributed by atoms with Crippen molar-refractivity contribution in [2.24, 2.45) is 0 Å². The second-order valence-electron chi connectivity index (χ2n) is 5.10. The SMILES string of the molecule is COCC(Cn1c(C(C)Cl)nc2cc(F)c(C)cc21)OC. The van der Waals surface area contributed by atoms with E-state index in [1.807, 2.05) is 11.5 Å². The van der Waals surface area contributed by atoms with Crippen molar-refractivity contribution in [2.75, 3.05) is 20.8 Å². The first-order valence-electron chi connectivity index (χ1n) is 6.80. The Balaban J connectivity index is 2.52. The summed E-state index contributed by atoms with van der Waals surface area (Å²) in [6.07, 6.45) is -0.119. The summed E-state index contributed by atoms with van der Waals surface area (Å²) in [5.41, 5.74) is 2.04. The number of hydrogen-bond donors (Lipinski definition) is 0. The lowest BCUT2D eigenvalue weighted by atomic mass is 10.2. The van der Waals surface area contributed by atoms with E-state index >= 15 is 0 Å². The molecule has 0 aliphatic rings. The monoisotopic (exact) mass is 314 g/mol. The van der Waals surface area contributed by atoms with Crippen LogP contribution in [0.25, 0.3) is 11.0 Å². The Hall–Kier alpha value is -1.17. The van der Waals surface area contributed by atoms with Crippen LogP contribution in [0.2, 0.25) is 0 Å². The van der Waals surface area contributed by atoms with E-state index in [2.05, 4.69) is 4.98 Å². The molecule has 2 rings (SSSR count). The van der Waals surface area contributed by atoms with Gasteiger partial charge in [-0.3, -0.25) is 0 Å². The van der Waals surface area contributed by atoms with Crippen LogP contribution in [0.4, 0.5) is 4.39 Å². The van der Waals surface area contributed by atoms with Gasteiger partial charge in [0, 0.05) is 20.3 Å². The summed E-state index contributed by atoms with van der Waals surface area (Å²) < 4.78 is 26.3. The molecule has 21 heavy (non-hydrogen) atoms. The van der Waals surface area contributed by atoms with Crippen LogP contribution in [-0.4, -0.2) is 36.5 Å². The van der Waals surface area contributed by atoms with E-state index in [0.717, 1.165) is 5.52 Å². The van der Waals surface area contributed by atoms with E-state index in [1.165, 1.54) is 6.07 Å². The number of rotatable bonds is 6. The number of halogens is 2. The summed E-state index contributed by atoms with van der Waals surface area (Å²) >= 11 is 6.21. The topological polar surface area (TPSA) is 36.3 Å². The Morgan fingerprint density at radius 2 is 2.10 bits per heavy atom. The average molecular weight is 315 g/mol. The Bertz CT molecular complexity index is 628. The van der Waals surface area contributed by atoms with Gasteiger partial charge in [-0.2, -0.15) is 0 Å². The normalized spacial score (nSPS) is 14.6.